The van der Waals surface area contributed by atoms with Gasteiger partial charge in [-0.1, -0.05) is 18.2 Å². The number of carbonyl (C=O) groups excluding carboxylic acids is 1. The average Bonchev–Trinajstić information content (AvgIpc) is 3.46. The summed E-state index contributed by atoms with van der Waals surface area (Å²) in [6.07, 6.45) is 0. The van der Waals surface area contributed by atoms with Crippen molar-refractivity contribution in [2.75, 3.05) is 12.4 Å². The number of esters is 1. The van der Waals surface area contributed by atoms with Gasteiger partial charge in [0.25, 0.3) is 0 Å². The van der Waals surface area contributed by atoms with Crippen LogP contribution in [-0.2, 0) is 24.6 Å². The number of para-hydroxylation sites is 1. The number of fused-ring (bicyclic) bond motifs is 1. The van der Waals surface area contributed by atoms with E-state index in [2.05, 4.69) is 30.6 Å². The molecule has 14 nitrogen and oxygen atoms in total. The van der Waals surface area contributed by atoms with Crippen LogP contribution in [0, 0.1) is 0 Å². The predicted octanol–water partition coefficient (Wildman–Crippen LogP) is 0.355. The van der Waals surface area contributed by atoms with Crippen molar-refractivity contribution in [1.82, 2.24) is 30.6 Å². The molecule has 0 saturated heterocycles. The Bertz CT molecular complexity index is 1660. The van der Waals surface area contributed by atoms with Crippen molar-refractivity contribution < 1.29 is 26.4 Å². The second kappa shape index (κ2) is 9.38. The summed E-state index contributed by atoms with van der Waals surface area (Å²) in [5.41, 5.74) is 6.76. The number of aromatic nitrogens is 6. The smallest absolute Gasteiger partial charge is 0.374 e. The first kappa shape index (κ1) is 25.4. The molecule has 0 fully saturated rings. The van der Waals surface area contributed by atoms with Crippen molar-refractivity contribution in [3.63, 3.8) is 0 Å². The van der Waals surface area contributed by atoms with Gasteiger partial charge in [-0.25, -0.2) is 31.8 Å². The number of benzene rings is 2. The Balaban J connectivity index is 2.09. The molecule has 0 radical (unpaired) electrons. The third-order valence-corrected chi connectivity index (χ3v) is 8.16. The first-order chi connectivity index (χ1) is 16.9. The maximum atomic E-state index is 13.1. The van der Waals surface area contributed by atoms with Crippen LogP contribution in [0.3, 0.4) is 0 Å². The lowest BCUT2D eigenvalue weighted by Gasteiger charge is -2.17. The summed E-state index contributed by atoms with van der Waals surface area (Å²) >= 11 is 0. The average molecular weight is 535 g/mol. The predicted molar refractivity (Wildman–Crippen MR) is 128 cm³/mol. The Morgan fingerprint density at radius 1 is 1.14 bits per heavy atom. The molecule has 2 aromatic carbocycles. The lowest BCUT2D eigenvalue weighted by atomic mass is 9.98. The number of primary sulfonamides is 1. The molecule has 2 heterocycles. The summed E-state index contributed by atoms with van der Waals surface area (Å²) in [6.45, 7) is 3.26. The zero-order chi connectivity index (χ0) is 26.3. The Hall–Kier alpha value is -3.73. The Morgan fingerprint density at radius 3 is 2.50 bits per heavy atom. The number of ether oxygens (including phenoxy) is 1. The summed E-state index contributed by atoms with van der Waals surface area (Å²) in [5.74, 6) is -1.49. The number of nitrogens with zero attached hydrogens (tertiary/aromatic N) is 4. The zero-order valence-corrected chi connectivity index (χ0v) is 20.7. The van der Waals surface area contributed by atoms with Crippen molar-refractivity contribution in [3.05, 3.63) is 36.2 Å². The highest BCUT2D eigenvalue weighted by atomic mass is 32.2. The number of sulfonamides is 1. The van der Waals surface area contributed by atoms with Gasteiger partial charge >= 0.3 is 5.97 Å². The number of imidazole rings is 1. The van der Waals surface area contributed by atoms with E-state index >= 15 is 0 Å². The van der Waals surface area contributed by atoms with Gasteiger partial charge in [0, 0.05) is 11.6 Å². The lowest BCUT2D eigenvalue weighted by Crippen LogP contribution is -2.28. The summed E-state index contributed by atoms with van der Waals surface area (Å²) in [5, 5.41) is 19.0. The fraction of sp³-hybridized carbons (Fsp3) is 0.250. The number of nitrogens with two attached hydrogens (primary N) is 2. The van der Waals surface area contributed by atoms with Crippen LogP contribution in [0.25, 0.3) is 33.5 Å². The molecule has 1 atom stereocenters. The molecule has 2 aromatic heterocycles. The maximum Gasteiger partial charge on any atom is 0.374 e. The topological polar surface area (TPSA) is 230 Å². The van der Waals surface area contributed by atoms with Gasteiger partial charge in [0.05, 0.1) is 33.9 Å². The third kappa shape index (κ3) is 4.70. The molecule has 0 saturated carbocycles. The van der Waals surface area contributed by atoms with Gasteiger partial charge < -0.3 is 15.5 Å². The standard InChI is InChI=1S/C20H22N8O6S2/c1-3-34-20(29)19-23-13-6-4-5-12(16(13)24-19)11-7-8-14(35(30,31)9-10(2)21)17(36(22,32)33)15(11)18-25-27-28-26-18/h4-8,10H,3,9,21H2,1-2H3,(H,23,24)(H2,22,32,33)(H,25,26,27,28). The first-order valence-electron chi connectivity index (χ1n) is 10.5. The summed E-state index contributed by atoms with van der Waals surface area (Å²) < 4.78 is 56.8. The summed E-state index contributed by atoms with van der Waals surface area (Å²) in [7, 11) is -8.85. The second-order valence-electron chi connectivity index (χ2n) is 7.86. The molecular formula is C20H22N8O6S2. The van der Waals surface area contributed by atoms with E-state index < -0.39 is 47.4 Å². The summed E-state index contributed by atoms with van der Waals surface area (Å²) in [4.78, 5) is 18.1. The van der Waals surface area contributed by atoms with E-state index in [0.29, 0.717) is 11.1 Å². The summed E-state index contributed by atoms with van der Waals surface area (Å²) in [6, 6.07) is 6.65. The van der Waals surface area contributed by atoms with Crippen molar-refractivity contribution in [3.8, 4) is 22.5 Å². The maximum absolute atomic E-state index is 13.1. The van der Waals surface area contributed by atoms with Gasteiger partial charge in [-0.2, -0.15) is 5.21 Å². The van der Waals surface area contributed by atoms with Crippen molar-refractivity contribution in [2.24, 2.45) is 10.9 Å². The van der Waals surface area contributed by atoms with Gasteiger partial charge in [-0.15, -0.1) is 10.2 Å². The molecule has 0 amide bonds. The van der Waals surface area contributed by atoms with Gasteiger partial charge in [0.15, 0.2) is 9.84 Å². The molecule has 16 heteroatoms. The fourth-order valence-corrected chi connectivity index (χ4v) is 6.88. The minimum atomic E-state index is -4.65. The molecule has 0 aliphatic carbocycles. The Kier molecular flexibility index (Phi) is 6.61. The number of tetrazole rings is 1. The Labute approximate surface area is 205 Å². The third-order valence-electron chi connectivity index (χ3n) is 5.06. The number of hydrogen-bond donors (Lipinski definition) is 4. The van der Waals surface area contributed by atoms with E-state index in [1.807, 2.05) is 0 Å². The van der Waals surface area contributed by atoms with Crippen LogP contribution < -0.4 is 10.9 Å². The molecular weight excluding hydrogens is 512 g/mol. The number of hydrogen-bond acceptors (Lipinski definition) is 11. The van der Waals surface area contributed by atoms with Crippen LogP contribution in [0.4, 0.5) is 0 Å². The second-order valence-corrected chi connectivity index (χ2v) is 11.4. The van der Waals surface area contributed by atoms with Crippen molar-refractivity contribution in [1.29, 1.82) is 0 Å². The van der Waals surface area contributed by atoms with Crippen LogP contribution in [0.5, 0.6) is 0 Å². The number of H-pyrrole nitrogens is 2. The van der Waals surface area contributed by atoms with Crippen LogP contribution in [0.15, 0.2) is 40.1 Å². The first-order valence-corrected chi connectivity index (χ1v) is 13.7. The van der Waals surface area contributed by atoms with E-state index in [-0.39, 0.29) is 34.9 Å². The van der Waals surface area contributed by atoms with E-state index in [4.69, 9.17) is 15.6 Å². The molecule has 36 heavy (non-hydrogen) atoms. The van der Waals surface area contributed by atoms with Crippen molar-refractivity contribution in [2.45, 2.75) is 29.7 Å². The quantitative estimate of drug-likeness (QED) is 0.225. The molecule has 6 N–H and O–H groups in total. The van der Waals surface area contributed by atoms with Crippen LogP contribution in [0.1, 0.15) is 24.5 Å². The monoisotopic (exact) mass is 534 g/mol. The molecule has 0 aliphatic rings. The number of rotatable bonds is 8. The molecule has 4 aromatic rings. The minimum Gasteiger partial charge on any atom is -0.460 e. The zero-order valence-electron chi connectivity index (χ0n) is 19.1. The largest absolute Gasteiger partial charge is 0.460 e. The highest BCUT2D eigenvalue weighted by Crippen LogP contribution is 2.40. The minimum absolute atomic E-state index is 0.0665. The highest BCUT2D eigenvalue weighted by Gasteiger charge is 2.33. The van der Waals surface area contributed by atoms with Gasteiger partial charge in [0.2, 0.25) is 21.7 Å². The number of nitrogens with one attached hydrogen (secondary N) is 2. The van der Waals surface area contributed by atoms with E-state index in [1.54, 1.807) is 25.1 Å². The molecule has 0 spiro atoms. The Morgan fingerprint density at radius 2 is 1.89 bits per heavy atom. The highest BCUT2D eigenvalue weighted by molar-refractivity contribution is 7.93. The molecule has 1 unspecified atom stereocenters. The normalized spacial score (nSPS) is 13.1. The van der Waals surface area contributed by atoms with Gasteiger partial charge in [0.1, 0.15) is 4.90 Å². The fourth-order valence-electron chi connectivity index (χ4n) is 3.79. The number of sulfone groups is 1. The van der Waals surface area contributed by atoms with E-state index in [0.717, 1.165) is 6.07 Å². The number of carbonyl (C=O) groups is 1. The van der Waals surface area contributed by atoms with E-state index in [1.165, 1.54) is 13.0 Å². The molecule has 0 aliphatic heterocycles. The molecule has 0 bridgehead atoms. The van der Waals surface area contributed by atoms with Gasteiger partial charge in [-0.05, 0) is 36.8 Å². The van der Waals surface area contributed by atoms with Crippen molar-refractivity contribution >= 4 is 36.9 Å². The number of aromatic amines is 2. The lowest BCUT2D eigenvalue weighted by molar-refractivity contribution is 0.0513. The van der Waals surface area contributed by atoms with Crippen LogP contribution in [-0.4, -0.2) is 71.8 Å². The molecule has 190 valence electrons. The SMILES string of the molecule is CCOC(=O)c1nc2c(-c3ccc(S(=O)(=O)CC(C)N)c(S(N)(=O)=O)c3-c3nn[nH]n3)cccc2[nH]1. The van der Waals surface area contributed by atoms with Gasteiger partial charge in [-0.3, -0.25) is 0 Å². The van der Waals surface area contributed by atoms with E-state index in [9.17, 15) is 21.6 Å². The van der Waals surface area contributed by atoms with Crippen LogP contribution in [0.2, 0.25) is 0 Å². The van der Waals surface area contributed by atoms with Crippen LogP contribution >= 0.6 is 0 Å². The molecule has 4 rings (SSSR count).